The molecule has 0 N–H and O–H groups in total. The molecule has 2 bridgehead atoms. The summed E-state index contributed by atoms with van der Waals surface area (Å²) in [6.45, 7) is 1.14. The van der Waals surface area contributed by atoms with Crippen LogP contribution in [-0.4, -0.2) is 43.4 Å². The Bertz CT molecular complexity index is 921. The summed E-state index contributed by atoms with van der Waals surface area (Å²) in [6.07, 6.45) is 7.30. The van der Waals surface area contributed by atoms with Crippen LogP contribution < -0.4 is 0 Å². The summed E-state index contributed by atoms with van der Waals surface area (Å²) in [7, 11) is 1.74. The van der Waals surface area contributed by atoms with Crippen molar-refractivity contribution in [3.8, 4) is 11.1 Å². The molecule has 3 aliphatic rings. The molecular formula is C26H29NO3. The van der Waals surface area contributed by atoms with Crippen LogP contribution in [-0.2, 0) is 9.47 Å². The minimum absolute atomic E-state index is 0.110. The van der Waals surface area contributed by atoms with Gasteiger partial charge in [0, 0.05) is 25.7 Å². The largest absolute Gasteiger partial charge is 0.448 e. The van der Waals surface area contributed by atoms with Crippen molar-refractivity contribution >= 4 is 6.09 Å². The predicted octanol–water partition coefficient (Wildman–Crippen LogP) is 5.53. The molecule has 1 fully saturated rings. The zero-order valence-corrected chi connectivity index (χ0v) is 17.5. The number of amides is 1. The number of ether oxygens (including phenoxy) is 2. The third kappa shape index (κ3) is 3.43. The van der Waals surface area contributed by atoms with E-state index in [-0.39, 0.29) is 24.1 Å². The summed E-state index contributed by atoms with van der Waals surface area (Å²) >= 11 is 0. The average molecular weight is 404 g/mol. The van der Waals surface area contributed by atoms with Gasteiger partial charge < -0.3 is 9.47 Å². The molecule has 2 unspecified atom stereocenters. The highest BCUT2D eigenvalue weighted by Crippen LogP contribution is 2.44. The fourth-order valence-electron chi connectivity index (χ4n) is 5.49. The molecule has 4 heteroatoms. The fourth-order valence-corrected chi connectivity index (χ4v) is 5.49. The second-order valence-corrected chi connectivity index (χ2v) is 8.64. The topological polar surface area (TPSA) is 38.8 Å². The van der Waals surface area contributed by atoms with Gasteiger partial charge in [-0.05, 0) is 54.4 Å². The number of benzene rings is 2. The van der Waals surface area contributed by atoms with Crippen LogP contribution in [0.25, 0.3) is 11.1 Å². The van der Waals surface area contributed by atoms with E-state index in [1.54, 1.807) is 7.11 Å². The standard InChI is InChI=1S/C26H29NO3/c1-29-14-13-18-15-19-7-6-8-20(16-18)27(19)26(28)30-17-25-23-11-4-2-9-21(23)22-10-3-5-12-24(22)25/h2-5,9-12,15,19-20,25H,6-8,13-14,16-17H2,1H3. The minimum atomic E-state index is -0.159. The van der Waals surface area contributed by atoms with Crippen LogP contribution in [0.2, 0.25) is 0 Å². The van der Waals surface area contributed by atoms with Gasteiger partial charge in [0.2, 0.25) is 0 Å². The number of methoxy groups -OCH3 is 1. The molecule has 2 aliphatic heterocycles. The average Bonchev–Trinajstić information content (AvgIpc) is 3.09. The van der Waals surface area contributed by atoms with Gasteiger partial charge in [0.05, 0.1) is 6.04 Å². The number of nitrogens with zero attached hydrogens (tertiary/aromatic N) is 1. The van der Waals surface area contributed by atoms with Gasteiger partial charge in [-0.15, -0.1) is 0 Å². The van der Waals surface area contributed by atoms with Crippen molar-refractivity contribution in [2.24, 2.45) is 0 Å². The van der Waals surface area contributed by atoms with Gasteiger partial charge in [-0.3, -0.25) is 4.90 Å². The van der Waals surface area contributed by atoms with E-state index in [2.05, 4.69) is 54.6 Å². The normalized spacial score (nSPS) is 22.3. The number of carbonyl (C=O) groups excluding carboxylic acids is 1. The van der Waals surface area contributed by atoms with E-state index in [9.17, 15) is 4.79 Å². The highest BCUT2D eigenvalue weighted by molar-refractivity contribution is 5.79. The first-order chi connectivity index (χ1) is 14.8. The first kappa shape index (κ1) is 19.4. The van der Waals surface area contributed by atoms with Crippen molar-refractivity contribution in [1.29, 1.82) is 0 Å². The molecule has 2 atom stereocenters. The van der Waals surface area contributed by atoms with Crippen molar-refractivity contribution < 1.29 is 14.3 Å². The maximum Gasteiger partial charge on any atom is 0.410 e. The third-order valence-electron chi connectivity index (χ3n) is 6.89. The van der Waals surface area contributed by atoms with Gasteiger partial charge in [0.25, 0.3) is 0 Å². The lowest BCUT2D eigenvalue weighted by atomic mass is 9.84. The SMILES string of the molecule is COCCC1=CC2CCCC(C1)N2C(=O)OCC1c2ccccc2-c2ccccc21. The summed E-state index contributed by atoms with van der Waals surface area (Å²) in [5, 5.41) is 0. The van der Waals surface area contributed by atoms with E-state index >= 15 is 0 Å². The molecule has 2 heterocycles. The van der Waals surface area contributed by atoms with Crippen molar-refractivity contribution in [2.45, 2.75) is 50.1 Å². The van der Waals surface area contributed by atoms with Gasteiger partial charge in [-0.2, -0.15) is 0 Å². The summed E-state index contributed by atoms with van der Waals surface area (Å²) in [5.74, 6) is 0.110. The Kier molecular flexibility index (Phi) is 5.34. The lowest BCUT2D eigenvalue weighted by molar-refractivity contribution is 0.0502. The van der Waals surface area contributed by atoms with Gasteiger partial charge in [0.1, 0.15) is 6.61 Å². The Morgan fingerprint density at radius 3 is 2.40 bits per heavy atom. The highest BCUT2D eigenvalue weighted by Gasteiger charge is 2.38. The van der Waals surface area contributed by atoms with Crippen LogP contribution in [0.5, 0.6) is 0 Å². The maximum atomic E-state index is 13.2. The molecule has 0 saturated carbocycles. The molecule has 1 amide bonds. The lowest BCUT2D eigenvalue weighted by Crippen LogP contribution is -2.52. The number of hydrogen-bond donors (Lipinski definition) is 0. The predicted molar refractivity (Wildman–Crippen MR) is 118 cm³/mol. The highest BCUT2D eigenvalue weighted by atomic mass is 16.6. The number of hydrogen-bond acceptors (Lipinski definition) is 3. The molecular weight excluding hydrogens is 374 g/mol. The quantitative estimate of drug-likeness (QED) is 0.617. The molecule has 0 radical (unpaired) electrons. The summed E-state index contributed by atoms with van der Waals surface area (Å²) < 4.78 is 11.2. The number of piperidine rings is 1. The van der Waals surface area contributed by atoms with E-state index < -0.39 is 0 Å². The van der Waals surface area contributed by atoms with Crippen LogP contribution >= 0.6 is 0 Å². The van der Waals surface area contributed by atoms with Gasteiger partial charge in [-0.25, -0.2) is 4.79 Å². The van der Waals surface area contributed by atoms with Crippen molar-refractivity contribution in [3.63, 3.8) is 0 Å². The lowest BCUT2D eigenvalue weighted by Gasteiger charge is -2.44. The van der Waals surface area contributed by atoms with Crippen LogP contribution in [0.3, 0.4) is 0 Å². The Morgan fingerprint density at radius 2 is 1.73 bits per heavy atom. The van der Waals surface area contributed by atoms with Crippen LogP contribution in [0.1, 0.15) is 49.1 Å². The Balaban J connectivity index is 1.32. The molecule has 1 saturated heterocycles. The second kappa shape index (κ2) is 8.27. The van der Waals surface area contributed by atoms with E-state index in [4.69, 9.17) is 9.47 Å². The molecule has 2 aromatic rings. The summed E-state index contributed by atoms with van der Waals surface area (Å²) in [6, 6.07) is 17.4. The summed E-state index contributed by atoms with van der Waals surface area (Å²) in [4.78, 5) is 15.2. The van der Waals surface area contributed by atoms with E-state index in [0.717, 1.165) is 32.3 Å². The molecule has 0 aromatic heterocycles. The number of fused-ring (bicyclic) bond motifs is 5. The zero-order valence-electron chi connectivity index (χ0n) is 17.5. The molecule has 30 heavy (non-hydrogen) atoms. The molecule has 2 aromatic carbocycles. The second-order valence-electron chi connectivity index (χ2n) is 8.64. The van der Waals surface area contributed by atoms with E-state index in [0.29, 0.717) is 6.61 Å². The van der Waals surface area contributed by atoms with Crippen molar-refractivity contribution in [2.75, 3.05) is 20.3 Å². The van der Waals surface area contributed by atoms with Crippen LogP contribution in [0, 0.1) is 0 Å². The molecule has 156 valence electrons. The van der Waals surface area contributed by atoms with Crippen molar-refractivity contribution in [1.82, 2.24) is 4.90 Å². The van der Waals surface area contributed by atoms with Gasteiger partial charge in [0.15, 0.2) is 0 Å². The first-order valence-electron chi connectivity index (χ1n) is 11.1. The van der Waals surface area contributed by atoms with Gasteiger partial charge >= 0.3 is 6.09 Å². The van der Waals surface area contributed by atoms with Crippen LogP contribution in [0.4, 0.5) is 4.79 Å². The molecule has 0 spiro atoms. The minimum Gasteiger partial charge on any atom is -0.448 e. The fraction of sp³-hybridized carbons (Fsp3) is 0.423. The zero-order chi connectivity index (χ0) is 20.5. The number of rotatable bonds is 5. The summed E-state index contributed by atoms with van der Waals surface area (Å²) in [5.41, 5.74) is 6.46. The van der Waals surface area contributed by atoms with Gasteiger partial charge in [-0.1, -0.05) is 60.2 Å². The Hall–Kier alpha value is -2.59. The maximum absolute atomic E-state index is 13.2. The van der Waals surface area contributed by atoms with Crippen LogP contribution in [0.15, 0.2) is 60.2 Å². The molecule has 1 aliphatic carbocycles. The number of carbonyl (C=O) groups is 1. The smallest absolute Gasteiger partial charge is 0.410 e. The van der Waals surface area contributed by atoms with Crippen molar-refractivity contribution in [3.05, 3.63) is 71.3 Å². The molecule has 5 rings (SSSR count). The Labute approximate surface area is 178 Å². The van der Waals surface area contributed by atoms with E-state index in [1.165, 1.54) is 34.2 Å². The monoisotopic (exact) mass is 403 g/mol. The molecule has 4 nitrogen and oxygen atoms in total. The Morgan fingerprint density at radius 1 is 1.03 bits per heavy atom. The third-order valence-corrected chi connectivity index (χ3v) is 6.89. The van der Waals surface area contributed by atoms with E-state index in [1.807, 2.05) is 4.90 Å². The first-order valence-corrected chi connectivity index (χ1v) is 11.1.